The molecule has 0 heterocycles. The minimum absolute atomic E-state index is 0.0591. The highest BCUT2D eigenvalue weighted by Gasteiger charge is 2.13. The third kappa shape index (κ3) is 3.58. The molecule has 0 saturated carbocycles. The number of rotatable bonds is 4. The van der Waals surface area contributed by atoms with Crippen molar-refractivity contribution in [2.45, 2.75) is 25.7 Å². The second-order valence-electron chi connectivity index (χ2n) is 3.84. The number of carbonyl (C=O) groups excluding carboxylic acids is 1. The average Bonchev–Trinajstić information content (AvgIpc) is 2.28. The van der Waals surface area contributed by atoms with Crippen LogP contribution in [0.15, 0.2) is 23.0 Å². The molecule has 0 radical (unpaired) electrons. The molecule has 0 aromatic heterocycles. The monoisotopic (exact) mass is 225 g/mol. The van der Waals surface area contributed by atoms with Gasteiger partial charge in [-0.25, -0.2) is 0 Å². The van der Waals surface area contributed by atoms with Crippen molar-refractivity contribution in [3.05, 3.63) is 23.0 Å². The smallest absolute Gasteiger partial charge is 0.267 e. The van der Waals surface area contributed by atoms with Crippen LogP contribution in [0.25, 0.3) is 0 Å². The molecule has 1 amide bonds. The molecule has 1 aliphatic carbocycles. The predicted molar refractivity (Wildman–Crippen MR) is 62.0 cm³/mol. The molecule has 5 nitrogen and oxygen atoms in total. The summed E-state index contributed by atoms with van der Waals surface area (Å²) in [5.74, 6) is -0.283. The van der Waals surface area contributed by atoms with Crippen LogP contribution in [0.1, 0.15) is 25.7 Å². The van der Waals surface area contributed by atoms with Crippen LogP contribution in [-0.2, 0) is 4.79 Å². The summed E-state index contributed by atoms with van der Waals surface area (Å²) in [6.45, 7) is 0.492. The van der Waals surface area contributed by atoms with Gasteiger partial charge in [-0.3, -0.25) is 4.79 Å². The fourth-order valence-electron chi connectivity index (χ4n) is 1.59. The largest absolute Gasteiger partial charge is 0.402 e. The number of nitrogens with two attached hydrogens (primary N) is 2. The summed E-state index contributed by atoms with van der Waals surface area (Å²) in [6, 6.07) is 0. The molecule has 0 aromatic carbocycles. The molecule has 1 rings (SSSR count). The fraction of sp³-hybridized carbons (Fsp3) is 0.545. The number of amides is 1. The number of allylic oxidation sites excluding steroid dienone is 3. The Morgan fingerprint density at radius 1 is 1.50 bits per heavy atom. The van der Waals surface area contributed by atoms with Gasteiger partial charge in [0.05, 0.1) is 0 Å². The summed E-state index contributed by atoms with van der Waals surface area (Å²) in [4.78, 5) is 11.6. The maximum absolute atomic E-state index is 11.6. The minimum Gasteiger partial charge on any atom is -0.402 e. The maximum Gasteiger partial charge on any atom is 0.267 e. The van der Waals surface area contributed by atoms with E-state index in [1.807, 2.05) is 0 Å². The number of hydrogen-bond acceptors (Lipinski definition) is 4. The second-order valence-corrected chi connectivity index (χ2v) is 3.84. The molecule has 0 aromatic rings. The summed E-state index contributed by atoms with van der Waals surface area (Å²) in [5, 5.41) is 11.2. The lowest BCUT2D eigenvalue weighted by Crippen LogP contribution is -2.31. The molecule has 0 aliphatic heterocycles. The van der Waals surface area contributed by atoms with E-state index in [0.29, 0.717) is 13.0 Å². The normalized spacial score (nSPS) is 18.9. The van der Waals surface area contributed by atoms with Crippen molar-refractivity contribution in [3.63, 3.8) is 0 Å². The van der Waals surface area contributed by atoms with Crippen LogP contribution >= 0.6 is 0 Å². The van der Waals surface area contributed by atoms with Crippen LogP contribution in [0.2, 0.25) is 0 Å². The standard InChI is InChI=1S/C11H19N3O2/c12-9-4-1-3-8(7-9)10(13)11(16)14-5-2-6-15/h7,15H,1-6,12-13H2,(H,14,16)/b10-8+. The zero-order chi connectivity index (χ0) is 12.0. The number of aliphatic hydroxyl groups excluding tert-OH is 1. The first-order chi connectivity index (χ1) is 7.65. The third-order valence-electron chi connectivity index (χ3n) is 2.48. The van der Waals surface area contributed by atoms with E-state index in [9.17, 15) is 4.79 Å². The molecule has 0 atom stereocenters. The Morgan fingerprint density at radius 3 is 2.88 bits per heavy atom. The molecule has 90 valence electrons. The van der Waals surface area contributed by atoms with E-state index in [4.69, 9.17) is 16.6 Å². The maximum atomic E-state index is 11.6. The van der Waals surface area contributed by atoms with Gasteiger partial charge in [-0.2, -0.15) is 0 Å². The van der Waals surface area contributed by atoms with Crippen molar-refractivity contribution in [2.24, 2.45) is 11.5 Å². The fourth-order valence-corrected chi connectivity index (χ4v) is 1.59. The van der Waals surface area contributed by atoms with E-state index in [-0.39, 0.29) is 18.2 Å². The van der Waals surface area contributed by atoms with Crippen molar-refractivity contribution in [2.75, 3.05) is 13.2 Å². The van der Waals surface area contributed by atoms with Crippen LogP contribution in [0.3, 0.4) is 0 Å². The molecular formula is C11H19N3O2. The molecule has 0 bridgehead atoms. The van der Waals surface area contributed by atoms with Gasteiger partial charge in [0, 0.05) is 18.8 Å². The number of nitrogens with one attached hydrogen (secondary N) is 1. The molecule has 0 spiro atoms. The van der Waals surface area contributed by atoms with Gasteiger partial charge >= 0.3 is 0 Å². The van der Waals surface area contributed by atoms with Crippen molar-refractivity contribution in [1.29, 1.82) is 0 Å². The van der Waals surface area contributed by atoms with E-state index in [2.05, 4.69) is 5.32 Å². The lowest BCUT2D eigenvalue weighted by Gasteiger charge is -2.14. The van der Waals surface area contributed by atoms with E-state index in [1.54, 1.807) is 6.08 Å². The number of hydrogen-bond donors (Lipinski definition) is 4. The van der Waals surface area contributed by atoms with E-state index in [0.717, 1.165) is 30.5 Å². The van der Waals surface area contributed by atoms with Crippen LogP contribution in [0.5, 0.6) is 0 Å². The highest BCUT2D eigenvalue weighted by molar-refractivity contribution is 5.93. The van der Waals surface area contributed by atoms with Crippen molar-refractivity contribution < 1.29 is 9.90 Å². The van der Waals surface area contributed by atoms with E-state index < -0.39 is 0 Å². The van der Waals surface area contributed by atoms with Crippen LogP contribution in [0.4, 0.5) is 0 Å². The Balaban J connectivity index is 2.60. The summed E-state index contributed by atoms with van der Waals surface area (Å²) in [7, 11) is 0. The number of aliphatic hydroxyl groups is 1. The molecule has 0 fully saturated rings. The van der Waals surface area contributed by atoms with Gasteiger partial charge in [-0.1, -0.05) is 0 Å². The van der Waals surface area contributed by atoms with Crippen molar-refractivity contribution >= 4 is 5.91 Å². The lowest BCUT2D eigenvalue weighted by molar-refractivity contribution is -0.117. The summed E-state index contributed by atoms with van der Waals surface area (Å²) in [5.41, 5.74) is 13.3. The first kappa shape index (κ1) is 12.6. The first-order valence-electron chi connectivity index (χ1n) is 5.49. The summed E-state index contributed by atoms with van der Waals surface area (Å²) < 4.78 is 0. The zero-order valence-corrected chi connectivity index (χ0v) is 9.33. The molecule has 1 aliphatic rings. The van der Waals surface area contributed by atoms with Gasteiger partial charge in [0.1, 0.15) is 5.70 Å². The molecule has 0 saturated heterocycles. The van der Waals surface area contributed by atoms with Gasteiger partial charge in [0.25, 0.3) is 5.91 Å². The lowest BCUT2D eigenvalue weighted by atomic mass is 9.98. The summed E-state index contributed by atoms with van der Waals surface area (Å²) in [6.07, 6.45) is 4.90. The van der Waals surface area contributed by atoms with Crippen LogP contribution in [-0.4, -0.2) is 24.2 Å². The highest BCUT2D eigenvalue weighted by Crippen LogP contribution is 2.20. The zero-order valence-electron chi connectivity index (χ0n) is 9.33. The SMILES string of the molecule is NC1=C/C(=C(/N)C(=O)NCCCO)CCC1. The Morgan fingerprint density at radius 2 is 2.25 bits per heavy atom. The molecule has 6 N–H and O–H groups in total. The van der Waals surface area contributed by atoms with E-state index >= 15 is 0 Å². The number of carbonyl (C=O) groups is 1. The van der Waals surface area contributed by atoms with Gasteiger partial charge in [-0.15, -0.1) is 0 Å². The van der Waals surface area contributed by atoms with Gasteiger partial charge in [-0.05, 0) is 37.3 Å². The quantitative estimate of drug-likeness (QED) is 0.390. The van der Waals surface area contributed by atoms with Gasteiger partial charge in [0.15, 0.2) is 0 Å². The first-order valence-corrected chi connectivity index (χ1v) is 5.49. The van der Waals surface area contributed by atoms with E-state index in [1.165, 1.54) is 0 Å². The van der Waals surface area contributed by atoms with Crippen molar-refractivity contribution in [1.82, 2.24) is 5.32 Å². The molecule has 0 unspecified atom stereocenters. The predicted octanol–water partition coefficient (Wildman–Crippen LogP) is -0.276. The summed E-state index contributed by atoms with van der Waals surface area (Å²) >= 11 is 0. The molecular weight excluding hydrogens is 206 g/mol. The minimum atomic E-state index is -0.283. The highest BCUT2D eigenvalue weighted by atomic mass is 16.3. The topological polar surface area (TPSA) is 101 Å². The Bertz CT molecular complexity index is 321. The average molecular weight is 225 g/mol. The second kappa shape index (κ2) is 6.17. The Labute approximate surface area is 95.2 Å². The van der Waals surface area contributed by atoms with Crippen LogP contribution in [0, 0.1) is 0 Å². The van der Waals surface area contributed by atoms with Gasteiger partial charge in [0.2, 0.25) is 0 Å². The van der Waals surface area contributed by atoms with Crippen LogP contribution < -0.4 is 16.8 Å². The van der Waals surface area contributed by atoms with Crippen molar-refractivity contribution in [3.8, 4) is 0 Å². The van der Waals surface area contributed by atoms with Gasteiger partial charge < -0.3 is 21.9 Å². The Hall–Kier alpha value is -1.49. The Kier molecular flexibility index (Phi) is 4.85. The molecule has 5 heteroatoms. The molecule has 16 heavy (non-hydrogen) atoms. The third-order valence-corrected chi connectivity index (χ3v) is 2.48.